The molecule has 104 valence electrons. The van der Waals surface area contributed by atoms with E-state index in [0.29, 0.717) is 17.1 Å². The highest BCUT2D eigenvalue weighted by atomic mass is 35.5. The van der Waals surface area contributed by atoms with Gasteiger partial charge in [-0.05, 0) is 30.2 Å². The monoisotopic (exact) mass is 289 g/mol. The van der Waals surface area contributed by atoms with Gasteiger partial charge in [0.2, 0.25) is 0 Å². The van der Waals surface area contributed by atoms with Crippen molar-refractivity contribution >= 4 is 29.2 Å². The molecular formula is C15H16ClN3O. The zero-order valence-corrected chi connectivity index (χ0v) is 12.0. The Morgan fingerprint density at radius 1 is 1.35 bits per heavy atom. The van der Waals surface area contributed by atoms with Crippen molar-refractivity contribution in [2.75, 3.05) is 0 Å². The first-order valence-corrected chi connectivity index (χ1v) is 6.94. The van der Waals surface area contributed by atoms with Crippen LogP contribution in [0.2, 0.25) is 5.02 Å². The Balaban J connectivity index is 2.31. The summed E-state index contributed by atoms with van der Waals surface area (Å²) in [5.41, 5.74) is 1.43. The maximum atomic E-state index is 12.3. The van der Waals surface area contributed by atoms with Crippen molar-refractivity contribution < 1.29 is 4.79 Å². The molecular weight excluding hydrogens is 274 g/mol. The lowest BCUT2D eigenvalue weighted by Gasteiger charge is -2.06. The highest BCUT2D eigenvalue weighted by Crippen LogP contribution is 2.16. The van der Waals surface area contributed by atoms with Crippen LogP contribution in [0.3, 0.4) is 0 Å². The second kappa shape index (κ2) is 7.01. The molecule has 0 bridgehead atoms. The van der Waals surface area contributed by atoms with Crippen molar-refractivity contribution in [3.63, 3.8) is 0 Å². The summed E-state index contributed by atoms with van der Waals surface area (Å²) in [4.78, 5) is 16.2. The van der Waals surface area contributed by atoms with Gasteiger partial charge in [-0.3, -0.25) is 4.79 Å². The van der Waals surface area contributed by atoms with E-state index in [4.69, 9.17) is 11.6 Å². The van der Waals surface area contributed by atoms with E-state index in [1.165, 1.54) is 17.3 Å². The number of halogens is 1. The van der Waals surface area contributed by atoms with Crippen LogP contribution in [-0.2, 0) is 4.79 Å². The molecule has 0 spiro atoms. The molecule has 0 atom stereocenters. The largest absolute Gasteiger partial charge is 0.292 e. The Morgan fingerprint density at radius 3 is 2.70 bits per heavy atom. The third kappa shape index (κ3) is 3.78. The first-order chi connectivity index (χ1) is 9.70. The lowest BCUT2D eigenvalue weighted by atomic mass is 10.1. The zero-order valence-electron chi connectivity index (χ0n) is 11.3. The molecule has 0 fully saturated rings. The predicted octanol–water partition coefficient (Wildman–Crippen LogP) is 3.69. The van der Waals surface area contributed by atoms with Gasteiger partial charge in [0.1, 0.15) is 18.4 Å². The minimum atomic E-state index is 0.0623. The number of ketones is 1. The number of aromatic nitrogens is 3. The Hall–Kier alpha value is -1.94. The molecule has 0 aliphatic rings. The Kier molecular flexibility index (Phi) is 5.07. The van der Waals surface area contributed by atoms with Crippen LogP contribution in [0.4, 0.5) is 0 Å². The molecule has 0 saturated heterocycles. The van der Waals surface area contributed by atoms with Crippen LogP contribution in [-0.4, -0.2) is 20.5 Å². The summed E-state index contributed by atoms with van der Waals surface area (Å²) in [6.07, 6.45) is 7.12. The van der Waals surface area contributed by atoms with Crippen molar-refractivity contribution in [2.24, 2.45) is 0 Å². The molecule has 1 aromatic carbocycles. The number of carbonyl (C=O) groups excluding carboxylic acids is 1. The third-order valence-electron chi connectivity index (χ3n) is 2.88. The maximum absolute atomic E-state index is 12.3. The Morgan fingerprint density at radius 2 is 2.10 bits per heavy atom. The number of benzene rings is 1. The minimum absolute atomic E-state index is 0.0623. The molecule has 5 heteroatoms. The number of rotatable bonds is 6. The van der Waals surface area contributed by atoms with Gasteiger partial charge in [-0.15, -0.1) is 0 Å². The Bertz CT molecular complexity index is 588. The van der Waals surface area contributed by atoms with Gasteiger partial charge in [-0.2, -0.15) is 5.10 Å². The summed E-state index contributed by atoms with van der Waals surface area (Å²) in [7, 11) is 0. The van der Waals surface area contributed by atoms with Crippen LogP contribution in [0.25, 0.3) is 11.8 Å². The molecule has 0 aliphatic carbocycles. The quantitative estimate of drug-likeness (QED) is 0.762. The summed E-state index contributed by atoms with van der Waals surface area (Å²) in [6, 6.07) is 7.32. The zero-order chi connectivity index (χ0) is 14.4. The number of hydrogen-bond donors (Lipinski definition) is 0. The smallest absolute Gasteiger partial charge is 0.181 e. The van der Waals surface area contributed by atoms with Gasteiger partial charge in [-0.1, -0.05) is 37.1 Å². The summed E-state index contributed by atoms with van der Waals surface area (Å²) >= 11 is 5.86. The Labute approximate surface area is 123 Å². The summed E-state index contributed by atoms with van der Waals surface area (Å²) < 4.78 is 1.51. The van der Waals surface area contributed by atoms with E-state index in [9.17, 15) is 4.79 Å². The van der Waals surface area contributed by atoms with E-state index >= 15 is 0 Å². The van der Waals surface area contributed by atoms with Crippen molar-refractivity contribution in [1.82, 2.24) is 14.8 Å². The fraction of sp³-hybridized carbons (Fsp3) is 0.267. The van der Waals surface area contributed by atoms with Crippen LogP contribution < -0.4 is 0 Å². The second-order valence-corrected chi connectivity index (χ2v) is 4.88. The van der Waals surface area contributed by atoms with E-state index in [1.54, 1.807) is 12.1 Å². The number of hydrogen-bond acceptors (Lipinski definition) is 3. The lowest BCUT2D eigenvalue weighted by molar-refractivity contribution is -0.114. The average Bonchev–Trinajstić information content (AvgIpc) is 2.98. The molecule has 0 aliphatic heterocycles. The number of carbonyl (C=O) groups is 1. The molecule has 2 aromatic rings. The molecule has 1 heterocycles. The van der Waals surface area contributed by atoms with Crippen molar-refractivity contribution in [2.45, 2.75) is 26.2 Å². The first-order valence-electron chi connectivity index (χ1n) is 6.56. The normalized spacial score (nSPS) is 11.6. The highest BCUT2D eigenvalue weighted by molar-refractivity contribution is 6.30. The van der Waals surface area contributed by atoms with Gasteiger partial charge in [0.05, 0.1) is 0 Å². The van der Waals surface area contributed by atoms with Crippen LogP contribution in [0.5, 0.6) is 0 Å². The fourth-order valence-corrected chi connectivity index (χ4v) is 1.92. The predicted molar refractivity (Wildman–Crippen MR) is 80.2 cm³/mol. The standard InChI is InChI=1S/C15H16ClN3O/c1-2-3-4-15(20)14(19-11-17-10-18-19)9-12-5-7-13(16)8-6-12/h5-11H,2-4H2,1H3. The minimum Gasteiger partial charge on any atom is -0.292 e. The number of allylic oxidation sites excluding steroid dienone is 1. The molecule has 20 heavy (non-hydrogen) atoms. The van der Waals surface area contributed by atoms with Crippen LogP contribution in [0, 0.1) is 0 Å². The topological polar surface area (TPSA) is 47.8 Å². The molecule has 0 amide bonds. The molecule has 2 rings (SSSR count). The second-order valence-electron chi connectivity index (χ2n) is 4.45. The summed E-state index contributed by atoms with van der Waals surface area (Å²) in [5, 5.41) is 4.72. The van der Waals surface area contributed by atoms with Gasteiger partial charge < -0.3 is 0 Å². The van der Waals surface area contributed by atoms with E-state index < -0.39 is 0 Å². The first kappa shape index (κ1) is 14.5. The maximum Gasteiger partial charge on any atom is 0.181 e. The molecule has 1 aromatic heterocycles. The van der Waals surface area contributed by atoms with E-state index in [-0.39, 0.29) is 5.78 Å². The number of nitrogens with zero attached hydrogens (tertiary/aromatic N) is 3. The van der Waals surface area contributed by atoms with Gasteiger partial charge in [0, 0.05) is 11.4 Å². The molecule has 4 nitrogen and oxygen atoms in total. The molecule has 0 saturated carbocycles. The van der Waals surface area contributed by atoms with Gasteiger partial charge in [-0.25, -0.2) is 9.67 Å². The highest BCUT2D eigenvalue weighted by Gasteiger charge is 2.12. The fourth-order valence-electron chi connectivity index (χ4n) is 1.79. The number of unbranched alkanes of at least 4 members (excludes halogenated alkanes) is 1. The SMILES string of the molecule is CCCCC(=O)C(=Cc1ccc(Cl)cc1)n1cncn1. The van der Waals surface area contributed by atoms with Gasteiger partial charge in [0.15, 0.2) is 5.78 Å². The van der Waals surface area contributed by atoms with Crippen molar-refractivity contribution in [3.8, 4) is 0 Å². The molecule has 0 N–H and O–H groups in total. The average molecular weight is 290 g/mol. The molecule has 0 radical (unpaired) electrons. The lowest BCUT2D eigenvalue weighted by Crippen LogP contribution is -2.09. The van der Waals surface area contributed by atoms with Crippen molar-refractivity contribution in [3.05, 3.63) is 47.5 Å². The summed E-state index contributed by atoms with van der Waals surface area (Å²) in [6.45, 7) is 2.06. The van der Waals surface area contributed by atoms with E-state index in [0.717, 1.165) is 18.4 Å². The van der Waals surface area contributed by atoms with Crippen molar-refractivity contribution in [1.29, 1.82) is 0 Å². The van der Waals surface area contributed by atoms with E-state index in [1.807, 2.05) is 18.2 Å². The van der Waals surface area contributed by atoms with Crippen LogP contribution >= 0.6 is 11.6 Å². The van der Waals surface area contributed by atoms with Crippen LogP contribution in [0.1, 0.15) is 31.7 Å². The van der Waals surface area contributed by atoms with Crippen LogP contribution in [0.15, 0.2) is 36.9 Å². The van der Waals surface area contributed by atoms with E-state index in [2.05, 4.69) is 17.0 Å². The van der Waals surface area contributed by atoms with Gasteiger partial charge >= 0.3 is 0 Å². The number of Topliss-reactive ketones (excluding diaryl/α,β-unsaturated/α-hetero) is 1. The van der Waals surface area contributed by atoms with Gasteiger partial charge in [0.25, 0.3) is 0 Å². The summed E-state index contributed by atoms with van der Waals surface area (Å²) in [5.74, 6) is 0.0623. The third-order valence-corrected chi connectivity index (χ3v) is 3.13. The molecule has 0 unspecified atom stereocenters.